The maximum absolute atomic E-state index is 11.9. The van der Waals surface area contributed by atoms with Crippen LogP contribution in [0, 0.1) is 0 Å². The van der Waals surface area contributed by atoms with Crippen LogP contribution in [0.3, 0.4) is 0 Å². The molecule has 6 nitrogen and oxygen atoms in total. The number of hydrogen-bond acceptors (Lipinski definition) is 5. The van der Waals surface area contributed by atoms with Gasteiger partial charge in [-0.2, -0.15) is 0 Å². The van der Waals surface area contributed by atoms with Crippen LogP contribution in [0.1, 0.15) is 32.6 Å². The number of rotatable bonds is 5. The summed E-state index contributed by atoms with van der Waals surface area (Å²) in [5.74, 6) is 0.847. The zero-order chi connectivity index (χ0) is 16.4. The number of carbonyl (C=O) groups is 1. The molecule has 2 aromatic heterocycles. The van der Waals surface area contributed by atoms with Crippen molar-refractivity contribution in [3.8, 4) is 11.6 Å². The number of para-hydroxylation sites is 1. The van der Waals surface area contributed by atoms with Crippen molar-refractivity contribution in [1.82, 2.24) is 14.8 Å². The van der Waals surface area contributed by atoms with E-state index in [-0.39, 0.29) is 18.4 Å². The predicted molar refractivity (Wildman–Crippen MR) is 86.0 cm³/mol. The molecule has 0 saturated heterocycles. The summed E-state index contributed by atoms with van der Waals surface area (Å²) in [7, 11) is 0. The molecule has 0 unspecified atom stereocenters. The van der Waals surface area contributed by atoms with Gasteiger partial charge in [-0.15, -0.1) is 10.2 Å². The zero-order valence-corrected chi connectivity index (χ0v) is 13.4. The highest BCUT2D eigenvalue weighted by atomic mass is 16.5. The van der Waals surface area contributed by atoms with E-state index >= 15 is 0 Å². The molecule has 3 rings (SSSR count). The van der Waals surface area contributed by atoms with Gasteiger partial charge in [0.25, 0.3) is 5.89 Å². The summed E-state index contributed by atoms with van der Waals surface area (Å²) in [4.78, 5) is 11.9. The molecule has 0 atom stereocenters. The predicted octanol–water partition coefficient (Wildman–Crippen LogP) is 3.38. The largest absolute Gasteiger partial charge is 0.465 e. The second kappa shape index (κ2) is 6.24. The van der Waals surface area contributed by atoms with Gasteiger partial charge in [0.15, 0.2) is 0 Å². The molecule has 0 aliphatic carbocycles. The quantitative estimate of drug-likeness (QED) is 0.675. The lowest BCUT2D eigenvalue weighted by Crippen LogP contribution is -2.14. The normalized spacial score (nSPS) is 11.3. The summed E-state index contributed by atoms with van der Waals surface area (Å²) in [6.45, 7) is 6.23. The van der Waals surface area contributed by atoms with E-state index in [0.29, 0.717) is 18.4 Å². The van der Waals surface area contributed by atoms with Crippen molar-refractivity contribution in [2.45, 2.75) is 33.2 Å². The molecular formula is C17H19N3O3. The van der Waals surface area contributed by atoms with Gasteiger partial charge in [0.2, 0.25) is 5.89 Å². The molecule has 2 heterocycles. The Morgan fingerprint density at radius 1 is 1.30 bits per heavy atom. The Morgan fingerprint density at radius 2 is 2.09 bits per heavy atom. The third-order valence-corrected chi connectivity index (χ3v) is 3.56. The van der Waals surface area contributed by atoms with Gasteiger partial charge in [-0.1, -0.05) is 32.0 Å². The molecule has 0 radical (unpaired) electrons. The molecule has 6 heteroatoms. The lowest BCUT2D eigenvalue weighted by molar-refractivity contribution is -0.143. The number of fused-ring (bicyclic) bond motifs is 1. The first kappa shape index (κ1) is 15.3. The Bertz CT molecular complexity index is 833. The van der Waals surface area contributed by atoms with E-state index in [1.54, 1.807) is 6.92 Å². The van der Waals surface area contributed by atoms with Crippen molar-refractivity contribution >= 4 is 16.9 Å². The molecule has 3 aromatic rings. The van der Waals surface area contributed by atoms with Crippen LogP contribution < -0.4 is 0 Å². The summed E-state index contributed by atoms with van der Waals surface area (Å²) in [6, 6.07) is 9.78. The number of esters is 1. The van der Waals surface area contributed by atoms with Crippen LogP contribution in [0.5, 0.6) is 0 Å². The molecule has 0 saturated carbocycles. The average molecular weight is 313 g/mol. The van der Waals surface area contributed by atoms with E-state index in [1.807, 2.05) is 48.7 Å². The lowest BCUT2D eigenvalue weighted by Gasteiger charge is -2.08. The highest BCUT2D eigenvalue weighted by molar-refractivity contribution is 5.87. The first-order chi connectivity index (χ1) is 11.1. The summed E-state index contributed by atoms with van der Waals surface area (Å²) in [6.07, 6.45) is 0. The van der Waals surface area contributed by atoms with Crippen molar-refractivity contribution in [3.63, 3.8) is 0 Å². The Labute approximate surface area is 134 Å². The minimum atomic E-state index is -0.293. The molecular weight excluding hydrogens is 294 g/mol. The molecule has 0 spiro atoms. The van der Waals surface area contributed by atoms with Gasteiger partial charge >= 0.3 is 5.97 Å². The highest BCUT2D eigenvalue weighted by Gasteiger charge is 2.19. The van der Waals surface area contributed by atoms with Crippen molar-refractivity contribution in [3.05, 3.63) is 36.2 Å². The summed E-state index contributed by atoms with van der Waals surface area (Å²) in [5.41, 5.74) is 1.65. The SMILES string of the molecule is CCOC(=O)Cn1c(-c2nnc(C(C)C)o2)cc2ccccc21. The van der Waals surface area contributed by atoms with E-state index in [1.165, 1.54) is 0 Å². The number of aromatic nitrogens is 3. The van der Waals surface area contributed by atoms with Crippen molar-refractivity contribution in [2.24, 2.45) is 0 Å². The van der Waals surface area contributed by atoms with Crippen LogP contribution in [-0.4, -0.2) is 27.3 Å². The third kappa shape index (κ3) is 2.97. The monoisotopic (exact) mass is 313 g/mol. The first-order valence-corrected chi connectivity index (χ1v) is 7.67. The molecule has 0 aliphatic rings. The van der Waals surface area contributed by atoms with E-state index in [9.17, 15) is 4.79 Å². The number of hydrogen-bond donors (Lipinski definition) is 0. The van der Waals surface area contributed by atoms with E-state index < -0.39 is 0 Å². The Morgan fingerprint density at radius 3 is 2.78 bits per heavy atom. The number of ether oxygens (including phenoxy) is 1. The van der Waals surface area contributed by atoms with Crippen molar-refractivity contribution in [2.75, 3.05) is 6.61 Å². The van der Waals surface area contributed by atoms with Crippen LogP contribution >= 0.6 is 0 Å². The second-order valence-electron chi connectivity index (χ2n) is 5.58. The molecule has 1 aromatic carbocycles. The van der Waals surface area contributed by atoms with Gasteiger partial charge in [0.1, 0.15) is 12.2 Å². The molecule has 0 fully saturated rings. The first-order valence-electron chi connectivity index (χ1n) is 7.67. The molecule has 23 heavy (non-hydrogen) atoms. The Hall–Kier alpha value is -2.63. The minimum Gasteiger partial charge on any atom is -0.465 e. The summed E-state index contributed by atoms with van der Waals surface area (Å²) >= 11 is 0. The lowest BCUT2D eigenvalue weighted by atomic mass is 10.2. The topological polar surface area (TPSA) is 70.2 Å². The highest BCUT2D eigenvalue weighted by Crippen LogP contribution is 2.28. The molecule has 0 N–H and O–H groups in total. The van der Waals surface area contributed by atoms with Crippen molar-refractivity contribution < 1.29 is 13.9 Å². The van der Waals surface area contributed by atoms with Crippen LogP contribution in [0.2, 0.25) is 0 Å². The van der Waals surface area contributed by atoms with Gasteiger partial charge in [-0.25, -0.2) is 0 Å². The number of benzene rings is 1. The summed E-state index contributed by atoms with van der Waals surface area (Å²) < 4.78 is 12.7. The van der Waals surface area contributed by atoms with E-state index in [4.69, 9.17) is 9.15 Å². The van der Waals surface area contributed by atoms with Gasteiger partial charge in [-0.05, 0) is 19.1 Å². The average Bonchev–Trinajstić information content (AvgIpc) is 3.13. The molecule has 0 amide bonds. The van der Waals surface area contributed by atoms with Gasteiger partial charge in [-0.3, -0.25) is 4.79 Å². The van der Waals surface area contributed by atoms with Crippen LogP contribution in [-0.2, 0) is 16.1 Å². The zero-order valence-electron chi connectivity index (χ0n) is 13.4. The van der Waals surface area contributed by atoms with Gasteiger partial charge < -0.3 is 13.7 Å². The smallest absolute Gasteiger partial charge is 0.325 e. The van der Waals surface area contributed by atoms with E-state index in [0.717, 1.165) is 16.6 Å². The van der Waals surface area contributed by atoms with E-state index in [2.05, 4.69) is 10.2 Å². The van der Waals surface area contributed by atoms with Crippen LogP contribution in [0.4, 0.5) is 0 Å². The molecule has 0 bridgehead atoms. The van der Waals surface area contributed by atoms with Crippen LogP contribution in [0.25, 0.3) is 22.5 Å². The Balaban J connectivity index is 2.09. The third-order valence-electron chi connectivity index (χ3n) is 3.56. The van der Waals surface area contributed by atoms with Crippen molar-refractivity contribution in [1.29, 1.82) is 0 Å². The maximum Gasteiger partial charge on any atom is 0.325 e. The summed E-state index contributed by atoms with van der Waals surface area (Å²) in [5, 5.41) is 9.21. The Kier molecular flexibility index (Phi) is 4.14. The second-order valence-corrected chi connectivity index (χ2v) is 5.58. The fourth-order valence-electron chi connectivity index (χ4n) is 2.47. The minimum absolute atomic E-state index is 0.107. The molecule has 0 aliphatic heterocycles. The number of nitrogens with zero attached hydrogens (tertiary/aromatic N) is 3. The van der Waals surface area contributed by atoms with Crippen LogP contribution in [0.15, 0.2) is 34.7 Å². The fraction of sp³-hybridized carbons (Fsp3) is 0.353. The number of carbonyl (C=O) groups excluding carboxylic acids is 1. The van der Waals surface area contributed by atoms with Gasteiger partial charge in [0.05, 0.1) is 6.61 Å². The van der Waals surface area contributed by atoms with Gasteiger partial charge in [0, 0.05) is 16.8 Å². The molecule has 120 valence electrons. The standard InChI is InChI=1S/C17H19N3O3/c1-4-22-15(21)10-20-13-8-6-5-7-12(13)9-14(20)17-19-18-16(23-17)11(2)3/h5-9,11H,4,10H2,1-3H3. The maximum atomic E-state index is 11.9. The fourth-order valence-corrected chi connectivity index (χ4v) is 2.47.